The molecule has 8 nitrogen and oxygen atoms in total. The first-order valence-electron chi connectivity index (χ1n) is 10.9. The van der Waals surface area contributed by atoms with E-state index in [2.05, 4.69) is 5.32 Å². The molecule has 33 heavy (non-hydrogen) atoms. The molecule has 0 spiro atoms. The predicted molar refractivity (Wildman–Crippen MR) is 130 cm³/mol. The zero-order chi connectivity index (χ0) is 24.4. The molecule has 2 rings (SSSR count). The van der Waals surface area contributed by atoms with Crippen LogP contribution in [0.15, 0.2) is 54.6 Å². The molecule has 0 radical (unpaired) electrons. The number of methoxy groups -OCH3 is 1. The van der Waals surface area contributed by atoms with E-state index < -0.39 is 28.5 Å². The quantitative estimate of drug-likeness (QED) is 0.476. The number of sulfonamides is 1. The van der Waals surface area contributed by atoms with Crippen LogP contribution in [0.25, 0.3) is 0 Å². The van der Waals surface area contributed by atoms with Crippen LogP contribution < -0.4 is 14.4 Å². The highest BCUT2D eigenvalue weighted by Crippen LogP contribution is 2.20. The molecular weight excluding hydrogens is 442 g/mol. The van der Waals surface area contributed by atoms with E-state index in [0.29, 0.717) is 18.0 Å². The minimum absolute atomic E-state index is 0.130. The van der Waals surface area contributed by atoms with Crippen LogP contribution in [0.5, 0.6) is 5.75 Å². The first kappa shape index (κ1) is 26.2. The largest absolute Gasteiger partial charge is 0.497 e. The Morgan fingerprint density at radius 3 is 2.39 bits per heavy atom. The van der Waals surface area contributed by atoms with Gasteiger partial charge in [-0.25, -0.2) is 8.42 Å². The van der Waals surface area contributed by atoms with Crippen molar-refractivity contribution in [3.63, 3.8) is 0 Å². The summed E-state index contributed by atoms with van der Waals surface area (Å²) in [5.74, 6) is -0.141. The van der Waals surface area contributed by atoms with Gasteiger partial charge in [0.15, 0.2) is 0 Å². The van der Waals surface area contributed by atoms with Crippen molar-refractivity contribution in [2.75, 3.05) is 30.8 Å². The van der Waals surface area contributed by atoms with E-state index in [1.165, 1.54) is 4.90 Å². The average Bonchev–Trinajstić information content (AvgIpc) is 2.80. The summed E-state index contributed by atoms with van der Waals surface area (Å²) in [5.41, 5.74) is 1.15. The number of nitrogens with one attached hydrogen (secondary N) is 1. The summed E-state index contributed by atoms with van der Waals surface area (Å²) in [6, 6.07) is 14.8. The van der Waals surface area contributed by atoms with Crippen molar-refractivity contribution in [1.82, 2.24) is 10.2 Å². The fourth-order valence-electron chi connectivity index (χ4n) is 3.29. The van der Waals surface area contributed by atoms with Gasteiger partial charge in [-0.1, -0.05) is 43.7 Å². The maximum Gasteiger partial charge on any atom is 0.244 e. The third kappa shape index (κ3) is 7.78. The lowest BCUT2D eigenvalue weighted by atomic mass is 10.1. The van der Waals surface area contributed by atoms with Crippen LogP contribution in [-0.4, -0.2) is 57.6 Å². The number of anilines is 1. The molecule has 2 amide bonds. The zero-order valence-electron chi connectivity index (χ0n) is 19.7. The maximum atomic E-state index is 13.4. The monoisotopic (exact) mass is 475 g/mol. The molecule has 0 aliphatic carbocycles. The third-order valence-electron chi connectivity index (χ3n) is 5.21. The minimum Gasteiger partial charge on any atom is -0.497 e. The number of carbonyl (C=O) groups is 2. The van der Waals surface area contributed by atoms with Crippen molar-refractivity contribution in [3.8, 4) is 5.75 Å². The SMILES string of the molecule is CCCCNC(=O)[C@@H](C)N(Cc1cccc(OC)c1)C(=O)CN(c1ccccc1)S(C)(=O)=O. The van der Waals surface area contributed by atoms with Gasteiger partial charge in [-0.2, -0.15) is 0 Å². The van der Waals surface area contributed by atoms with Gasteiger partial charge >= 0.3 is 0 Å². The van der Waals surface area contributed by atoms with Crippen LogP contribution in [0, 0.1) is 0 Å². The summed E-state index contributed by atoms with van der Waals surface area (Å²) in [6.07, 6.45) is 2.82. The number of amides is 2. The van der Waals surface area contributed by atoms with Crippen molar-refractivity contribution in [1.29, 1.82) is 0 Å². The van der Waals surface area contributed by atoms with Crippen LogP contribution in [0.2, 0.25) is 0 Å². The maximum absolute atomic E-state index is 13.4. The van der Waals surface area contributed by atoms with Crippen LogP contribution in [0.4, 0.5) is 5.69 Å². The molecule has 2 aromatic rings. The Bertz CT molecular complexity index is 1030. The molecular formula is C24H33N3O5S. The molecule has 180 valence electrons. The average molecular weight is 476 g/mol. The fraction of sp³-hybridized carbons (Fsp3) is 0.417. The van der Waals surface area contributed by atoms with Gasteiger partial charge in [-0.3, -0.25) is 13.9 Å². The molecule has 2 aromatic carbocycles. The molecule has 9 heteroatoms. The first-order valence-corrected chi connectivity index (χ1v) is 12.7. The second kappa shape index (κ2) is 12.2. The smallest absolute Gasteiger partial charge is 0.244 e. The number of para-hydroxylation sites is 1. The summed E-state index contributed by atoms with van der Waals surface area (Å²) in [7, 11) is -2.18. The van der Waals surface area contributed by atoms with Crippen LogP contribution in [-0.2, 0) is 26.2 Å². The number of unbranched alkanes of at least 4 members (excludes halogenated alkanes) is 1. The van der Waals surface area contributed by atoms with E-state index in [9.17, 15) is 18.0 Å². The minimum atomic E-state index is -3.73. The molecule has 1 atom stereocenters. The number of benzene rings is 2. The summed E-state index contributed by atoms with van der Waals surface area (Å²) in [4.78, 5) is 27.6. The lowest BCUT2D eigenvalue weighted by Crippen LogP contribution is -2.51. The van der Waals surface area contributed by atoms with Crippen molar-refractivity contribution in [3.05, 3.63) is 60.2 Å². The van der Waals surface area contributed by atoms with Gasteiger partial charge in [0.25, 0.3) is 0 Å². The van der Waals surface area contributed by atoms with Gasteiger partial charge < -0.3 is 15.0 Å². The van der Waals surface area contributed by atoms with Crippen LogP contribution in [0.3, 0.4) is 0 Å². The number of hydrogen-bond acceptors (Lipinski definition) is 5. The Labute approximate surface area is 196 Å². The van der Waals surface area contributed by atoms with Gasteiger partial charge in [-0.05, 0) is 43.2 Å². The number of rotatable bonds is 12. The summed E-state index contributed by atoms with van der Waals surface area (Å²) in [5, 5.41) is 2.85. The highest BCUT2D eigenvalue weighted by Gasteiger charge is 2.30. The van der Waals surface area contributed by atoms with Gasteiger partial charge in [0.05, 0.1) is 19.1 Å². The highest BCUT2D eigenvalue weighted by atomic mass is 32.2. The molecule has 0 bridgehead atoms. The molecule has 1 N–H and O–H groups in total. The molecule has 0 aliphatic rings. The van der Waals surface area contributed by atoms with Crippen molar-refractivity contribution in [2.24, 2.45) is 0 Å². The highest BCUT2D eigenvalue weighted by molar-refractivity contribution is 7.92. The summed E-state index contributed by atoms with van der Waals surface area (Å²) in [6.45, 7) is 3.90. The molecule has 0 saturated heterocycles. The summed E-state index contributed by atoms with van der Waals surface area (Å²) < 4.78 is 31.3. The van der Waals surface area contributed by atoms with E-state index in [-0.39, 0.29) is 12.5 Å². The zero-order valence-corrected chi connectivity index (χ0v) is 20.5. The Balaban J connectivity index is 2.33. The van der Waals surface area contributed by atoms with E-state index in [1.807, 2.05) is 13.0 Å². The second-order valence-corrected chi connectivity index (χ2v) is 9.71. The molecule has 0 heterocycles. The lowest BCUT2D eigenvalue weighted by molar-refractivity contribution is -0.139. The van der Waals surface area contributed by atoms with Crippen LogP contribution in [0.1, 0.15) is 32.3 Å². The van der Waals surface area contributed by atoms with Crippen molar-refractivity contribution in [2.45, 2.75) is 39.3 Å². The Hall–Kier alpha value is -3.07. The molecule has 0 aromatic heterocycles. The number of carbonyl (C=O) groups excluding carboxylic acids is 2. The van der Waals surface area contributed by atoms with Gasteiger partial charge in [-0.15, -0.1) is 0 Å². The molecule has 0 unspecified atom stereocenters. The summed E-state index contributed by atoms with van der Waals surface area (Å²) >= 11 is 0. The third-order valence-corrected chi connectivity index (χ3v) is 6.35. The van der Waals surface area contributed by atoms with Gasteiger partial charge in [0.2, 0.25) is 21.8 Å². The number of ether oxygens (including phenoxy) is 1. The molecule has 0 aliphatic heterocycles. The van der Waals surface area contributed by atoms with Gasteiger partial charge in [0.1, 0.15) is 18.3 Å². The predicted octanol–water partition coefficient (Wildman–Crippen LogP) is 2.79. The topological polar surface area (TPSA) is 96.0 Å². The van der Waals surface area contributed by atoms with Crippen molar-refractivity contribution < 1.29 is 22.7 Å². The second-order valence-electron chi connectivity index (χ2n) is 7.80. The van der Waals surface area contributed by atoms with Crippen LogP contribution >= 0.6 is 0 Å². The van der Waals surface area contributed by atoms with Crippen molar-refractivity contribution >= 4 is 27.5 Å². The Morgan fingerprint density at radius 1 is 1.09 bits per heavy atom. The van der Waals surface area contributed by atoms with E-state index in [1.54, 1.807) is 62.6 Å². The van der Waals surface area contributed by atoms with E-state index in [0.717, 1.165) is 29.0 Å². The first-order chi connectivity index (χ1) is 15.7. The molecule has 0 saturated carbocycles. The standard InChI is InChI=1S/C24H33N3O5S/c1-5-6-15-25-24(29)19(2)26(17-20-11-10-14-22(16-20)32-3)23(28)18-27(33(4,30)31)21-12-8-7-9-13-21/h7-14,16,19H,5-6,15,17-18H2,1-4H3,(H,25,29)/t19-/m1/s1. The molecule has 0 fully saturated rings. The van der Waals surface area contributed by atoms with Gasteiger partial charge in [0, 0.05) is 13.1 Å². The van der Waals surface area contributed by atoms with E-state index >= 15 is 0 Å². The Kier molecular flexibility index (Phi) is 9.72. The normalized spacial score (nSPS) is 12.0. The number of nitrogens with zero attached hydrogens (tertiary/aromatic N) is 2. The van der Waals surface area contributed by atoms with E-state index in [4.69, 9.17) is 4.74 Å². The fourth-order valence-corrected chi connectivity index (χ4v) is 4.14. The number of hydrogen-bond donors (Lipinski definition) is 1. The lowest BCUT2D eigenvalue weighted by Gasteiger charge is -2.31. The Morgan fingerprint density at radius 2 is 1.79 bits per heavy atom.